The fourth-order valence-corrected chi connectivity index (χ4v) is 1.46. The molecule has 0 unspecified atom stereocenters. The van der Waals surface area contributed by atoms with E-state index < -0.39 is 12.8 Å². The smallest absolute Gasteiger partial charge is 0.422 e. The SMILES string of the molecule is CC(C)NCCc1cccc(OCC(F)(F)F)c1. The maximum atomic E-state index is 12.0. The minimum Gasteiger partial charge on any atom is -0.484 e. The van der Waals surface area contributed by atoms with Crippen molar-refractivity contribution >= 4 is 0 Å². The molecule has 2 nitrogen and oxygen atoms in total. The van der Waals surface area contributed by atoms with Gasteiger partial charge in [-0.05, 0) is 30.7 Å². The third-order valence-corrected chi connectivity index (χ3v) is 2.27. The van der Waals surface area contributed by atoms with E-state index in [1.165, 1.54) is 6.07 Å². The minimum atomic E-state index is -4.30. The lowest BCUT2D eigenvalue weighted by Crippen LogP contribution is -2.25. The Morgan fingerprint density at radius 1 is 1.28 bits per heavy atom. The van der Waals surface area contributed by atoms with E-state index in [-0.39, 0.29) is 5.75 Å². The molecule has 0 aliphatic carbocycles. The predicted octanol–water partition coefficient (Wildman–Crippen LogP) is 3.17. The van der Waals surface area contributed by atoms with Crippen LogP contribution in [0.3, 0.4) is 0 Å². The monoisotopic (exact) mass is 261 g/mol. The first kappa shape index (κ1) is 14.8. The van der Waals surface area contributed by atoms with Gasteiger partial charge in [0.1, 0.15) is 5.75 Å². The van der Waals surface area contributed by atoms with Crippen molar-refractivity contribution < 1.29 is 17.9 Å². The summed E-state index contributed by atoms with van der Waals surface area (Å²) >= 11 is 0. The predicted molar refractivity (Wildman–Crippen MR) is 64.8 cm³/mol. The molecule has 1 rings (SSSR count). The molecule has 0 radical (unpaired) electrons. The van der Waals surface area contributed by atoms with Crippen LogP contribution >= 0.6 is 0 Å². The summed E-state index contributed by atoms with van der Waals surface area (Å²) in [7, 11) is 0. The van der Waals surface area contributed by atoms with E-state index in [4.69, 9.17) is 4.74 Å². The van der Waals surface area contributed by atoms with Crippen molar-refractivity contribution in [2.24, 2.45) is 0 Å². The molecule has 0 aromatic heterocycles. The Bertz CT molecular complexity index is 363. The average Bonchev–Trinajstić information content (AvgIpc) is 2.26. The number of halogens is 3. The highest BCUT2D eigenvalue weighted by Gasteiger charge is 2.28. The van der Waals surface area contributed by atoms with Gasteiger partial charge >= 0.3 is 6.18 Å². The molecule has 0 amide bonds. The number of alkyl halides is 3. The fraction of sp³-hybridized carbons (Fsp3) is 0.538. The maximum absolute atomic E-state index is 12.0. The van der Waals surface area contributed by atoms with Gasteiger partial charge in [-0.25, -0.2) is 0 Å². The summed E-state index contributed by atoms with van der Waals surface area (Å²) < 4.78 is 40.7. The first-order chi connectivity index (χ1) is 8.37. The number of rotatable bonds is 6. The average molecular weight is 261 g/mol. The number of hydrogen-bond acceptors (Lipinski definition) is 2. The molecule has 0 saturated heterocycles. The Hall–Kier alpha value is -1.23. The quantitative estimate of drug-likeness (QED) is 0.849. The number of hydrogen-bond donors (Lipinski definition) is 1. The van der Waals surface area contributed by atoms with Gasteiger partial charge in [-0.1, -0.05) is 26.0 Å². The topological polar surface area (TPSA) is 21.3 Å². The number of benzene rings is 1. The van der Waals surface area contributed by atoms with Crippen molar-refractivity contribution in [3.63, 3.8) is 0 Å². The summed E-state index contributed by atoms with van der Waals surface area (Å²) in [4.78, 5) is 0. The van der Waals surface area contributed by atoms with Gasteiger partial charge in [0.25, 0.3) is 0 Å². The Morgan fingerprint density at radius 2 is 2.00 bits per heavy atom. The standard InChI is InChI=1S/C13H18F3NO/c1-10(2)17-7-6-11-4-3-5-12(8-11)18-9-13(14,15)16/h3-5,8,10,17H,6-7,9H2,1-2H3. The van der Waals surface area contributed by atoms with Gasteiger partial charge in [0, 0.05) is 6.04 Å². The molecule has 18 heavy (non-hydrogen) atoms. The molecule has 0 saturated carbocycles. The van der Waals surface area contributed by atoms with E-state index in [0.29, 0.717) is 6.04 Å². The van der Waals surface area contributed by atoms with E-state index >= 15 is 0 Å². The molecule has 1 aromatic rings. The highest BCUT2D eigenvalue weighted by molar-refractivity contribution is 5.28. The first-order valence-electron chi connectivity index (χ1n) is 5.89. The molecule has 102 valence electrons. The van der Waals surface area contributed by atoms with Crippen LogP contribution in [0.25, 0.3) is 0 Å². The molecule has 0 heterocycles. The van der Waals surface area contributed by atoms with Gasteiger partial charge in [0.2, 0.25) is 0 Å². The molecular formula is C13H18F3NO. The summed E-state index contributed by atoms with van der Waals surface area (Å²) in [6.07, 6.45) is -3.53. The van der Waals surface area contributed by atoms with Crippen molar-refractivity contribution in [3.8, 4) is 5.75 Å². The molecular weight excluding hydrogens is 243 g/mol. The van der Waals surface area contributed by atoms with Gasteiger partial charge in [0.05, 0.1) is 0 Å². The summed E-state index contributed by atoms with van der Waals surface area (Å²) in [6, 6.07) is 7.16. The number of nitrogens with one attached hydrogen (secondary N) is 1. The van der Waals surface area contributed by atoms with Crippen LogP contribution in [0.2, 0.25) is 0 Å². The highest BCUT2D eigenvalue weighted by atomic mass is 19.4. The Morgan fingerprint density at radius 3 is 2.61 bits per heavy atom. The molecule has 0 bridgehead atoms. The summed E-state index contributed by atoms with van der Waals surface area (Å²) in [6.45, 7) is 3.63. The van der Waals surface area contributed by atoms with Crippen molar-refractivity contribution in [3.05, 3.63) is 29.8 Å². The van der Waals surface area contributed by atoms with E-state index in [9.17, 15) is 13.2 Å². The van der Waals surface area contributed by atoms with Crippen LogP contribution in [0.1, 0.15) is 19.4 Å². The molecule has 0 atom stereocenters. The van der Waals surface area contributed by atoms with Gasteiger partial charge in [-0.15, -0.1) is 0 Å². The van der Waals surface area contributed by atoms with Gasteiger partial charge in [0.15, 0.2) is 6.61 Å². The van der Waals surface area contributed by atoms with Crippen LogP contribution in [-0.4, -0.2) is 25.4 Å². The lowest BCUT2D eigenvalue weighted by Gasteiger charge is -2.11. The lowest BCUT2D eigenvalue weighted by molar-refractivity contribution is -0.153. The Labute approximate surface area is 105 Å². The number of ether oxygens (including phenoxy) is 1. The van der Waals surface area contributed by atoms with Crippen molar-refractivity contribution in [2.75, 3.05) is 13.2 Å². The van der Waals surface area contributed by atoms with Crippen molar-refractivity contribution in [1.82, 2.24) is 5.32 Å². The van der Waals surface area contributed by atoms with Gasteiger partial charge in [-0.3, -0.25) is 0 Å². The van der Waals surface area contributed by atoms with Crippen LogP contribution < -0.4 is 10.1 Å². The van der Waals surface area contributed by atoms with Crippen molar-refractivity contribution in [1.29, 1.82) is 0 Å². The maximum Gasteiger partial charge on any atom is 0.422 e. The van der Waals surface area contributed by atoms with E-state index in [1.807, 2.05) is 19.9 Å². The molecule has 0 spiro atoms. The third-order valence-electron chi connectivity index (χ3n) is 2.27. The Kier molecular flexibility index (Phi) is 5.47. The second-order valence-corrected chi connectivity index (χ2v) is 4.41. The molecule has 1 N–H and O–H groups in total. The van der Waals surface area contributed by atoms with E-state index in [1.54, 1.807) is 12.1 Å². The second kappa shape index (κ2) is 6.64. The van der Waals surface area contributed by atoms with Crippen LogP contribution in [0.15, 0.2) is 24.3 Å². The van der Waals surface area contributed by atoms with Crippen LogP contribution in [0.5, 0.6) is 5.75 Å². The normalized spacial score (nSPS) is 11.9. The second-order valence-electron chi connectivity index (χ2n) is 4.41. The fourth-order valence-electron chi connectivity index (χ4n) is 1.46. The minimum absolute atomic E-state index is 0.259. The van der Waals surface area contributed by atoms with E-state index in [0.717, 1.165) is 18.5 Å². The largest absolute Gasteiger partial charge is 0.484 e. The highest BCUT2D eigenvalue weighted by Crippen LogP contribution is 2.19. The van der Waals surface area contributed by atoms with E-state index in [2.05, 4.69) is 5.32 Å². The molecule has 0 aliphatic heterocycles. The van der Waals surface area contributed by atoms with Crippen molar-refractivity contribution in [2.45, 2.75) is 32.5 Å². The summed E-state index contributed by atoms with van der Waals surface area (Å²) in [5.41, 5.74) is 0.961. The molecule has 5 heteroatoms. The van der Waals surface area contributed by atoms with Gasteiger partial charge in [-0.2, -0.15) is 13.2 Å². The molecule has 0 fully saturated rings. The Balaban J connectivity index is 2.46. The van der Waals surface area contributed by atoms with Crippen LogP contribution in [0.4, 0.5) is 13.2 Å². The molecule has 1 aromatic carbocycles. The lowest BCUT2D eigenvalue weighted by atomic mass is 10.1. The zero-order chi connectivity index (χ0) is 13.6. The van der Waals surface area contributed by atoms with Crippen LogP contribution in [0, 0.1) is 0 Å². The first-order valence-corrected chi connectivity index (χ1v) is 5.89. The summed E-state index contributed by atoms with van der Waals surface area (Å²) in [5.74, 6) is 0.259. The molecule has 0 aliphatic rings. The zero-order valence-electron chi connectivity index (χ0n) is 10.6. The summed E-state index contributed by atoms with van der Waals surface area (Å²) in [5, 5.41) is 3.25. The third kappa shape index (κ3) is 6.49. The van der Waals surface area contributed by atoms with Crippen LogP contribution in [-0.2, 0) is 6.42 Å². The zero-order valence-corrected chi connectivity index (χ0v) is 10.6. The van der Waals surface area contributed by atoms with Gasteiger partial charge < -0.3 is 10.1 Å².